The molecule has 17 heavy (non-hydrogen) atoms. The molecule has 0 heterocycles. The first-order valence-electron chi connectivity index (χ1n) is 6.27. The first-order valence-corrected chi connectivity index (χ1v) is 6.27. The molecule has 0 radical (unpaired) electrons. The van der Waals surface area contributed by atoms with Crippen LogP contribution in [0.5, 0.6) is 0 Å². The Hall–Kier alpha value is -1.10. The van der Waals surface area contributed by atoms with Crippen LogP contribution in [0.2, 0.25) is 0 Å². The highest BCUT2D eigenvalue weighted by molar-refractivity contribution is 5.76. The van der Waals surface area contributed by atoms with Crippen LogP contribution in [0.15, 0.2) is 0 Å². The largest absolute Gasteiger partial charge is 0.481 e. The number of carbonyl (C=O) groups is 2. The van der Waals surface area contributed by atoms with E-state index in [2.05, 4.69) is 5.32 Å². The first kappa shape index (κ1) is 14.0. The summed E-state index contributed by atoms with van der Waals surface area (Å²) in [7, 11) is 0. The van der Waals surface area contributed by atoms with Crippen LogP contribution >= 0.6 is 0 Å². The smallest absolute Gasteiger partial charge is 0.303 e. The fraction of sp³-hybridized carbons (Fsp3) is 0.833. The number of aliphatic hydroxyl groups is 1. The number of rotatable bonds is 6. The molecule has 1 amide bonds. The molecule has 0 saturated heterocycles. The second-order valence-corrected chi connectivity index (χ2v) is 4.67. The van der Waals surface area contributed by atoms with E-state index < -0.39 is 5.97 Å². The fourth-order valence-electron chi connectivity index (χ4n) is 2.08. The van der Waals surface area contributed by atoms with Gasteiger partial charge in [-0.15, -0.1) is 0 Å². The second-order valence-electron chi connectivity index (χ2n) is 4.67. The Bertz CT molecular complexity index is 259. The van der Waals surface area contributed by atoms with E-state index in [4.69, 9.17) is 5.11 Å². The van der Waals surface area contributed by atoms with Gasteiger partial charge in [0.1, 0.15) is 0 Å². The number of amides is 1. The zero-order valence-corrected chi connectivity index (χ0v) is 10.0. The van der Waals surface area contributed by atoms with Crippen molar-refractivity contribution in [3.63, 3.8) is 0 Å². The van der Waals surface area contributed by atoms with Crippen molar-refractivity contribution in [1.29, 1.82) is 0 Å². The standard InChI is InChI=1S/C12H21NO4/c14-10-7-5-9(6-8-10)13-11(15)3-1-2-4-12(16)17/h9-10,14H,1-8H2,(H,13,15)(H,16,17). The molecule has 0 aromatic heterocycles. The molecular formula is C12H21NO4. The summed E-state index contributed by atoms with van der Waals surface area (Å²) in [4.78, 5) is 21.8. The molecule has 0 atom stereocenters. The molecular weight excluding hydrogens is 222 g/mol. The van der Waals surface area contributed by atoms with Crippen LogP contribution in [0.1, 0.15) is 51.4 Å². The summed E-state index contributed by atoms with van der Waals surface area (Å²) < 4.78 is 0. The van der Waals surface area contributed by atoms with Gasteiger partial charge in [-0.2, -0.15) is 0 Å². The molecule has 1 rings (SSSR count). The lowest BCUT2D eigenvalue weighted by Gasteiger charge is -2.26. The van der Waals surface area contributed by atoms with E-state index in [-0.39, 0.29) is 24.5 Å². The zero-order valence-electron chi connectivity index (χ0n) is 10.0. The Kier molecular flexibility index (Phi) is 5.97. The maximum Gasteiger partial charge on any atom is 0.303 e. The van der Waals surface area contributed by atoms with Gasteiger partial charge >= 0.3 is 5.97 Å². The average molecular weight is 243 g/mol. The first-order chi connectivity index (χ1) is 8.08. The molecule has 0 unspecified atom stereocenters. The van der Waals surface area contributed by atoms with Crippen molar-refractivity contribution in [2.75, 3.05) is 0 Å². The summed E-state index contributed by atoms with van der Waals surface area (Å²) in [5.74, 6) is -0.816. The molecule has 0 aliphatic heterocycles. The molecule has 1 saturated carbocycles. The number of nitrogens with one attached hydrogen (secondary N) is 1. The molecule has 5 nitrogen and oxygen atoms in total. The van der Waals surface area contributed by atoms with Crippen LogP contribution < -0.4 is 5.32 Å². The maximum absolute atomic E-state index is 11.5. The molecule has 0 bridgehead atoms. The number of hydrogen-bond donors (Lipinski definition) is 3. The van der Waals surface area contributed by atoms with Crippen molar-refractivity contribution in [3.8, 4) is 0 Å². The molecule has 98 valence electrons. The fourth-order valence-corrected chi connectivity index (χ4v) is 2.08. The van der Waals surface area contributed by atoms with E-state index in [1.54, 1.807) is 0 Å². The Morgan fingerprint density at radius 3 is 2.24 bits per heavy atom. The van der Waals surface area contributed by atoms with Gasteiger partial charge in [0.2, 0.25) is 5.91 Å². The van der Waals surface area contributed by atoms with Gasteiger partial charge < -0.3 is 15.5 Å². The number of carbonyl (C=O) groups excluding carboxylic acids is 1. The third-order valence-corrected chi connectivity index (χ3v) is 3.11. The van der Waals surface area contributed by atoms with E-state index in [1.165, 1.54) is 0 Å². The van der Waals surface area contributed by atoms with E-state index in [9.17, 15) is 14.7 Å². The van der Waals surface area contributed by atoms with Gasteiger partial charge in [0.15, 0.2) is 0 Å². The second kappa shape index (κ2) is 7.27. The van der Waals surface area contributed by atoms with Crippen LogP contribution in [0, 0.1) is 0 Å². The third kappa shape index (κ3) is 6.26. The third-order valence-electron chi connectivity index (χ3n) is 3.11. The highest BCUT2D eigenvalue weighted by Gasteiger charge is 2.20. The Morgan fingerprint density at radius 1 is 1.06 bits per heavy atom. The summed E-state index contributed by atoms with van der Waals surface area (Å²) in [5.41, 5.74) is 0. The number of unbranched alkanes of at least 4 members (excludes halogenated alkanes) is 1. The van der Waals surface area contributed by atoms with Gasteiger partial charge in [0.25, 0.3) is 0 Å². The van der Waals surface area contributed by atoms with Gasteiger partial charge in [-0.3, -0.25) is 9.59 Å². The van der Waals surface area contributed by atoms with Crippen molar-refractivity contribution in [2.24, 2.45) is 0 Å². The lowest BCUT2D eigenvalue weighted by atomic mass is 9.93. The molecule has 0 aromatic carbocycles. The molecule has 1 fully saturated rings. The highest BCUT2D eigenvalue weighted by Crippen LogP contribution is 2.18. The minimum absolute atomic E-state index is 0.00298. The molecule has 5 heteroatoms. The zero-order chi connectivity index (χ0) is 12.7. The number of carboxylic acid groups (broad SMARTS) is 1. The van der Waals surface area contributed by atoms with Gasteiger partial charge in [-0.05, 0) is 38.5 Å². The van der Waals surface area contributed by atoms with E-state index >= 15 is 0 Å². The number of aliphatic hydroxyl groups excluding tert-OH is 1. The topological polar surface area (TPSA) is 86.6 Å². The molecule has 0 aromatic rings. The van der Waals surface area contributed by atoms with E-state index in [0.29, 0.717) is 19.3 Å². The van der Waals surface area contributed by atoms with Crippen molar-refractivity contribution in [2.45, 2.75) is 63.5 Å². The average Bonchev–Trinajstić information content (AvgIpc) is 2.27. The summed E-state index contributed by atoms with van der Waals surface area (Å²) >= 11 is 0. The maximum atomic E-state index is 11.5. The lowest BCUT2D eigenvalue weighted by molar-refractivity contribution is -0.137. The monoisotopic (exact) mass is 243 g/mol. The predicted molar refractivity (Wildman–Crippen MR) is 62.5 cm³/mol. The molecule has 3 N–H and O–H groups in total. The van der Waals surface area contributed by atoms with Crippen molar-refractivity contribution in [3.05, 3.63) is 0 Å². The Labute approximate surface area is 101 Å². The highest BCUT2D eigenvalue weighted by atomic mass is 16.4. The normalized spacial score (nSPS) is 24.3. The summed E-state index contributed by atoms with van der Waals surface area (Å²) in [6.07, 6.45) is 4.66. The lowest BCUT2D eigenvalue weighted by Crippen LogP contribution is -2.38. The van der Waals surface area contributed by atoms with Crippen molar-refractivity contribution < 1.29 is 19.8 Å². The van der Waals surface area contributed by atoms with Gasteiger partial charge in [0, 0.05) is 18.9 Å². The summed E-state index contributed by atoms with van der Waals surface area (Å²) in [6.45, 7) is 0. The minimum Gasteiger partial charge on any atom is -0.481 e. The van der Waals surface area contributed by atoms with Crippen LogP contribution in [0.3, 0.4) is 0 Å². The Balaban J connectivity index is 2.06. The van der Waals surface area contributed by atoms with Crippen molar-refractivity contribution in [1.82, 2.24) is 5.32 Å². The molecule has 0 spiro atoms. The van der Waals surface area contributed by atoms with Gasteiger partial charge in [-0.1, -0.05) is 0 Å². The number of aliphatic carboxylic acids is 1. The van der Waals surface area contributed by atoms with Crippen LogP contribution in [0.4, 0.5) is 0 Å². The van der Waals surface area contributed by atoms with Crippen molar-refractivity contribution >= 4 is 11.9 Å². The Morgan fingerprint density at radius 2 is 1.65 bits per heavy atom. The van der Waals surface area contributed by atoms with Gasteiger partial charge in [-0.25, -0.2) is 0 Å². The van der Waals surface area contributed by atoms with Crippen LogP contribution in [-0.2, 0) is 9.59 Å². The number of carboxylic acids is 1. The van der Waals surface area contributed by atoms with E-state index in [0.717, 1.165) is 25.7 Å². The summed E-state index contributed by atoms with van der Waals surface area (Å²) in [5, 5.41) is 20.7. The summed E-state index contributed by atoms with van der Waals surface area (Å²) in [6, 6.07) is 0.186. The van der Waals surface area contributed by atoms with Crippen LogP contribution in [-0.4, -0.2) is 34.2 Å². The number of hydrogen-bond acceptors (Lipinski definition) is 3. The molecule has 1 aliphatic rings. The SMILES string of the molecule is O=C(O)CCCCC(=O)NC1CCC(O)CC1. The van der Waals surface area contributed by atoms with Gasteiger partial charge in [0.05, 0.1) is 6.10 Å². The quantitative estimate of drug-likeness (QED) is 0.609. The van der Waals surface area contributed by atoms with E-state index in [1.807, 2.05) is 0 Å². The van der Waals surface area contributed by atoms with Crippen LogP contribution in [0.25, 0.3) is 0 Å². The minimum atomic E-state index is -0.813. The molecule has 1 aliphatic carbocycles. The predicted octanol–water partition coefficient (Wildman–Crippen LogP) is 1.05.